The lowest BCUT2D eigenvalue weighted by Crippen LogP contribution is -2.37. The predicted molar refractivity (Wildman–Crippen MR) is 105 cm³/mol. The van der Waals surface area contributed by atoms with Gasteiger partial charge in [-0.1, -0.05) is 24.3 Å². The van der Waals surface area contributed by atoms with E-state index >= 15 is 0 Å². The zero-order valence-corrected chi connectivity index (χ0v) is 15.6. The quantitative estimate of drug-likeness (QED) is 0.530. The van der Waals surface area contributed by atoms with E-state index in [1.54, 1.807) is 24.3 Å². The topological polar surface area (TPSA) is 130 Å². The summed E-state index contributed by atoms with van der Waals surface area (Å²) in [6, 6.07) is 11.3. The molecule has 30 heavy (non-hydrogen) atoms. The lowest BCUT2D eigenvalue weighted by atomic mass is 10.2. The number of anilines is 1. The molecule has 9 nitrogen and oxygen atoms in total. The summed E-state index contributed by atoms with van der Waals surface area (Å²) in [5.74, 6) is -1.94. The van der Waals surface area contributed by atoms with E-state index in [4.69, 9.17) is 4.74 Å². The Bertz CT molecular complexity index is 1160. The Morgan fingerprint density at radius 3 is 2.60 bits per heavy atom. The molecule has 154 valence electrons. The average molecular weight is 412 g/mol. The number of H-pyrrole nitrogens is 1. The molecule has 0 saturated carbocycles. The lowest BCUT2D eigenvalue weighted by molar-refractivity contribution is -0.148. The molecule has 0 saturated heterocycles. The number of carbonyl (C=O) groups is 3. The van der Waals surface area contributed by atoms with E-state index in [-0.39, 0.29) is 24.1 Å². The molecule has 0 bridgehead atoms. The molecule has 3 N–H and O–H groups in total. The molecule has 0 spiro atoms. The van der Waals surface area contributed by atoms with Crippen LogP contribution < -0.4 is 16.2 Å². The molecule has 3 amide bonds. The molecule has 0 atom stereocenters. The van der Waals surface area contributed by atoms with Crippen molar-refractivity contribution >= 4 is 34.5 Å². The second-order valence-electron chi connectivity index (χ2n) is 6.17. The largest absolute Gasteiger partial charge is 0.456 e. The number of rotatable bonds is 6. The van der Waals surface area contributed by atoms with Crippen molar-refractivity contribution in [1.29, 1.82) is 0 Å². The van der Waals surface area contributed by atoms with Crippen LogP contribution in [0.5, 0.6) is 0 Å². The highest BCUT2D eigenvalue weighted by atomic mass is 19.1. The van der Waals surface area contributed by atoms with Gasteiger partial charge in [0.05, 0.1) is 23.0 Å². The highest BCUT2D eigenvalue weighted by Crippen LogP contribution is 2.11. The number of esters is 1. The van der Waals surface area contributed by atoms with E-state index in [9.17, 15) is 23.6 Å². The number of urea groups is 1. The van der Waals surface area contributed by atoms with Crippen molar-refractivity contribution in [3.05, 3.63) is 70.5 Å². The number of hydrogen-bond donors (Lipinski definition) is 3. The van der Waals surface area contributed by atoms with Gasteiger partial charge in [0.15, 0.2) is 6.61 Å². The number of para-hydroxylation sites is 2. The molecular weight excluding hydrogens is 395 g/mol. The molecule has 0 fully saturated rings. The Labute approximate surface area is 169 Å². The van der Waals surface area contributed by atoms with Gasteiger partial charge in [-0.15, -0.1) is 0 Å². The van der Waals surface area contributed by atoms with E-state index in [1.165, 1.54) is 18.2 Å². The summed E-state index contributed by atoms with van der Waals surface area (Å²) in [6.07, 6.45) is -0.0235. The first-order chi connectivity index (χ1) is 14.4. The zero-order chi connectivity index (χ0) is 21.5. The number of hydrogen-bond acceptors (Lipinski definition) is 6. The number of halogens is 1. The lowest BCUT2D eigenvalue weighted by Gasteiger charge is -2.08. The van der Waals surface area contributed by atoms with E-state index in [0.29, 0.717) is 16.7 Å². The number of amides is 3. The normalized spacial score (nSPS) is 10.4. The molecule has 3 aromatic rings. The standard InChI is InChI=1S/C20H17FN4O5/c21-13-6-2-4-8-15(13)23-20(29)25-17(26)11-30-18(27)10-9-16-22-14-7-3-1-5-12(14)19(28)24-16/h1-8H,9-11H2,(H,22,24,28)(H2,23,25,26,29). The van der Waals surface area contributed by atoms with Gasteiger partial charge in [-0.25, -0.2) is 14.2 Å². The second kappa shape index (κ2) is 9.41. The first kappa shape index (κ1) is 20.6. The number of nitrogens with zero attached hydrogens (tertiary/aromatic N) is 1. The maximum absolute atomic E-state index is 13.5. The maximum Gasteiger partial charge on any atom is 0.326 e. The maximum atomic E-state index is 13.5. The first-order valence-corrected chi connectivity index (χ1v) is 8.91. The summed E-state index contributed by atoms with van der Waals surface area (Å²) in [7, 11) is 0. The number of aryl methyl sites for hydroxylation is 1. The Kier molecular flexibility index (Phi) is 6.48. The van der Waals surface area contributed by atoms with Gasteiger partial charge in [0.1, 0.15) is 11.6 Å². The van der Waals surface area contributed by atoms with Crippen LogP contribution in [0, 0.1) is 5.82 Å². The fourth-order valence-corrected chi connectivity index (χ4v) is 2.57. The summed E-state index contributed by atoms with van der Waals surface area (Å²) in [4.78, 5) is 54.0. The number of benzene rings is 2. The summed E-state index contributed by atoms with van der Waals surface area (Å²) >= 11 is 0. The third kappa shape index (κ3) is 5.47. The second-order valence-corrected chi connectivity index (χ2v) is 6.17. The number of imide groups is 1. The summed E-state index contributed by atoms with van der Waals surface area (Å²) < 4.78 is 18.2. The van der Waals surface area contributed by atoms with Crippen LogP contribution in [-0.4, -0.2) is 34.5 Å². The Morgan fingerprint density at radius 2 is 1.80 bits per heavy atom. The van der Waals surface area contributed by atoms with Crippen molar-refractivity contribution in [3.8, 4) is 0 Å². The molecule has 0 aliphatic carbocycles. The van der Waals surface area contributed by atoms with Gasteiger partial charge in [0.2, 0.25) is 0 Å². The molecular formula is C20H17FN4O5. The summed E-state index contributed by atoms with van der Waals surface area (Å²) in [5.41, 5.74) is 0.0887. The molecule has 3 rings (SSSR count). The number of carbonyl (C=O) groups excluding carboxylic acids is 3. The molecule has 1 heterocycles. The van der Waals surface area contributed by atoms with Gasteiger partial charge >= 0.3 is 12.0 Å². The van der Waals surface area contributed by atoms with Crippen molar-refractivity contribution in [2.75, 3.05) is 11.9 Å². The third-order valence-corrected chi connectivity index (χ3v) is 3.97. The minimum absolute atomic E-state index is 0.100. The van der Waals surface area contributed by atoms with Crippen LogP contribution in [0.3, 0.4) is 0 Å². The van der Waals surface area contributed by atoms with Crippen molar-refractivity contribution < 1.29 is 23.5 Å². The highest BCUT2D eigenvalue weighted by molar-refractivity contribution is 6.01. The average Bonchev–Trinajstić information content (AvgIpc) is 2.72. The predicted octanol–water partition coefficient (Wildman–Crippen LogP) is 1.89. The number of ether oxygens (including phenoxy) is 1. The van der Waals surface area contributed by atoms with Gasteiger partial charge in [-0.2, -0.15) is 0 Å². The smallest absolute Gasteiger partial charge is 0.326 e. The van der Waals surface area contributed by atoms with Crippen LogP contribution >= 0.6 is 0 Å². The van der Waals surface area contributed by atoms with Gasteiger partial charge in [0.25, 0.3) is 11.5 Å². The van der Waals surface area contributed by atoms with Crippen LogP contribution in [0.2, 0.25) is 0 Å². The van der Waals surface area contributed by atoms with Crippen LogP contribution in [0.15, 0.2) is 53.3 Å². The molecule has 0 radical (unpaired) electrons. The van der Waals surface area contributed by atoms with E-state index in [1.807, 2.05) is 5.32 Å². The van der Waals surface area contributed by atoms with E-state index in [0.717, 1.165) is 6.07 Å². The minimum Gasteiger partial charge on any atom is -0.456 e. The zero-order valence-electron chi connectivity index (χ0n) is 15.6. The molecule has 2 aromatic carbocycles. The molecule has 0 unspecified atom stereocenters. The number of aromatic amines is 1. The Morgan fingerprint density at radius 1 is 1.07 bits per heavy atom. The van der Waals surface area contributed by atoms with Crippen molar-refractivity contribution in [2.45, 2.75) is 12.8 Å². The van der Waals surface area contributed by atoms with Gasteiger partial charge < -0.3 is 15.0 Å². The highest BCUT2D eigenvalue weighted by Gasteiger charge is 2.13. The number of aromatic nitrogens is 2. The van der Waals surface area contributed by atoms with Gasteiger partial charge in [0, 0.05) is 6.42 Å². The van der Waals surface area contributed by atoms with Gasteiger partial charge in [-0.3, -0.25) is 19.7 Å². The number of nitrogens with one attached hydrogen (secondary N) is 3. The van der Waals surface area contributed by atoms with E-state index in [2.05, 4.69) is 15.3 Å². The molecule has 10 heteroatoms. The van der Waals surface area contributed by atoms with Crippen LogP contribution in [0.4, 0.5) is 14.9 Å². The summed E-state index contributed by atoms with van der Waals surface area (Å²) in [6.45, 7) is -0.689. The Hall–Kier alpha value is -4.08. The monoisotopic (exact) mass is 412 g/mol. The molecule has 0 aliphatic rings. The minimum atomic E-state index is -0.959. The SMILES string of the molecule is O=C(COC(=O)CCc1nc2ccccc2c(=O)[nH]1)NC(=O)Nc1ccccc1F. The van der Waals surface area contributed by atoms with Crippen LogP contribution in [-0.2, 0) is 20.7 Å². The molecule has 0 aliphatic heterocycles. The van der Waals surface area contributed by atoms with Crippen molar-refractivity contribution in [2.24, 2.45) is 0 Å². The third-order valence-electron chi connectivity index (χ3n) is 3.97. The van der Waals surface area contributed by atoms with Crippen LogP contribution in [0.1, 0.15) is 12.2 Å². The fourth-order valence-electron chi connectivity index (χ4n) is 2.57. The van der Waals surface area contributed by atoms with Crippen LogP contribution in [0.25, 0.3) is 10.9 Å². The van der Waals surface area contributed by atoms with Crippen molar-refractivity contribution in [1.82, 2.24) is 15.3 Å². The van der Waals surface area contributed by atoms with Crippen molar-refractivity contribution in [3.63, 3.8) is 0 Å². The first-order valence-electron chi connectivity index (χ1n) is 8.91. The fraction of sp³-hybridized carbons (Fsp3) is 0.150. The summed E-state index contributed by atoms with van der Waals surface area (Å²) in [5, 5.41) is 4.53. The molecule has 1 aromatic heterocycles. The van der Waals surface area contributed by atoms with Gasteiger partial charge in [-0.05, 0) is 24.3 Å². The van der Waals surface area contributed by atoms with E-state index < -0.39 is 30.3 Å². The Balaban J connectivity index is 1.44. The number of fused-ring (bicyclic) bond motifs is 1.